The molecule has 3 atom stereocenters. The van der Waals surface area contributed by atoms with E-state index in [1.54, 1.807) is 0 Å². The van der Waals surface area contributed by atoms with E-state index in [4.69, 9.17) is 4.74 Å². The van der Waals surface area contributed by atoms with Crippen molar-refractivity contribution in [1.82, 2.24) is 13.9 Å². The highest BCUT2D eigenvalue weighted by Crippen LogP contribution is 2.25. The van der Waals surface area contributed by atoms with Crippen molar-refractivity contribution in [1.29, 1.82) is 0 Å². The Balaban J connectivity index is 1.57. The molecule has 3 rings (SSSR count). The van der Waals surface area contributed by atoms with Crippen molar-refractivity contribution in [3.63, 3.8) is 0 Å². The van der Waals surface area contributed by atoms with E-state index >= 15 is 0 Å². The molecule has 0 saturated carbocycles. The van der Waals surface area contributed by atoms with Gasteiger partial charge in [-0.25, -0.2) is 16.8 Å². The van der Waals surface area contributed by atoms with Gasteiger partial charge in [0.25, 0.3) is 5.91 Å². The van der Waals surface area contributed by atoms with Crippen molar-refractivity contribution in [3.05, 3.63) is 29.8 Å². The molecule has 2 saturated heterocycles. The molecule has 2 heterocycles. The van der Waals surface area contributed by atoms with E-state index in [0.29, 0.717) is 19.6 Å². The SMILES string of the molecule is CC1CN(S(=O)(=O)CCNC(=O)c2ccc(S(=O)(=O)N3CCCCC3C)cc2)CC(C)O1. The van der Waals surface area contributed by atoms with Gasteiger partial charge in [-0.2, -0.15) is 8.61 Å². The van der Waals surface area contributed by atoms with Crippen molar-refractivity contribution in [3.8, 4) is 0 Å². The van der Waals surface area contributed by atoms with Gasteiger partial charge in [0, 0.05) is 37.8 Å². The Morgan fingerprint density at radius 3 is 2.25 bits per heavy atom. The van der Waals surface area contributed by atoms with Crippen LogP contribution in [0.3, 0.4) is 0 Å². The molecule has 0 aliphatic carbocycles. The smallest absolute Gasteiger partial charge is 0.251 e. The highest BCUT2D eigenvalue weighted by atomic mass is 32.2. The summed E-state index contributed by atoms with van der Waals surface area (Å²) in [4.78, 5) is 12.6. The van der Waals surface area contributed by atoms with Crippen molar-refractivity contribution < 1.29 is 26.4 Å². The van der Waals surface area contributed by atoms with E-state index in [1.807, 2.05) is 20.8 Å². The molecule has 2 aliphatic heterocycles. The predicted molar refractivity (Wildman–Crippen MR) is 121 cm³/mol. The van der Waals surface area contributed by atoms with Crippen molar-refractivity contribution in [2.75, 3.05) is 31.9 Å². The zero-order valence-corrected chi connectivity index (χ0v) is 20.5. The van der Waals surface area contributed by atoms with Gasteiger partial charge in [0.15, 0.2) is 0 Å². The van der Waals surface area contributed by atoms with E-state index in [9.17, 15) is 21.6 Å². The fourth-order valence-electron chi connectivity index (χ4n) is 4.23. The number of sulfonamides is 2. The van der Waals surface area contributed by atoms with Gasteiger partial charge >= 0.3 is 0 Å². The Bertz CT molecular complexity index is 1000. The van der Waals surface area contributed by atoms with Crippen molar-refractivity contribution in [2.24, 2.45) is 0 Å². The Labute approximate surface area is 191 Å². The third-order valence-electron chi connectivity index (χ3n) is 5.89. The highest BCUT2D eigenvalue weighted by Gasteiger charge is 2.32. The monoisotopic (exact) mass is 487 g/mol. The van der Waals surface area contributed by atoms with E-state index < -0.39 is 26.0 Å². The van der Waals surface area contributed by atoms with E-state index in [-0.39, 0.29) is 41.0 Å². The molecule has 2 aliphatic rings. The quantitative estimate of drug-likeness (QED) is 0.622. The molecule has 0 radical (unpaired) electrons. The summed E-state index contributed by atoms with van der Waals surface area (Å²) in [6.07, 6.45) is 2.35. The number of morpholine rings is 1. The summed E-state index contributed by atoms with van der Waals surface area (Å²) in [5, 5.41) is 2.61. The zero-order chi connectivity index (χ0) is 23.5. The molecule has 1 N–H and O–H groups in total. The summed E-state index contributed by atoms with van der Waals surface area (Å²) in [5.41, 5.74) is 0.279. The first kappa shape index (κ1) is 25.1. The number of benzene rings is 1. The molecule has 11 heteroatoms. The van der Waals surface area contributed by atoms with Crippen LogP contribution in [0.2, 0.25) is 0 Å². The normalized spacial score (nSPS) is 26.0. The zero-order valence-electron chi connectivity index (χ0n) is 18.9. The van der Waals surface area contributed by atoms with Crippen LogP contribution in [-0.4, -0.2) is 81.5 Å². The minimum Gasteiger partial charge on any atom is -0.373 e. The molecular formula is C21H33N3O6S2. The maximum Gasteiger partial charge on any atom is 0.251 e. The van der Waals surface area contributed by atoms with Crippen LogP contribution in [0.4, 0.5) is 0 Å². The van der Waals surface area contributed by atoms with Crippen LogP contribution in [0.1, 0.15) is 50.4 Å². The summed E-state index contributed by atoms with van der Waals surface area (Å²) in [6, 6.07) is 5.72. The Hall–Kier alpha value is -1.53. The van der Waals surface area contributed by atoms with Crippen LogP contribution in [0.15, 0.2) is 29.2 Å². The molecule has 180 valence electrons. The average molecular weight is 488 g/mol. The Kier molecular flexibility index (Phi) is 7.97. The molecule has 1 aromatic rings. The van der Waals surface area contributed by atoms with E-state index in [1.165, 1.54) is 32.9 Å². The number of nitrogens with zero attached hydrogens (tertiary/aromatic N) is 2. The first-order chi connectivity index (χ1) is 15.0. The van der Waals surface area contributed by atoms with Gasteiger partial charge in [0.2, 0.25) is 20.0 Å². The summed E-state index contributed by atoms with van der Waals surface area (Å²) in [7, 11) is -7.12. The van der Waals surface area contributed by atoms with Crippen LogP contribution >= 0.6 is 0 Å². The molecule has 2 fully saturated rings. The molecule has 32 heavy (non-hydrogen) atoms. The molecule has 3 unspecified atom stereocenters. The van der Waals surface area contributed by atoms with Gasteiger partial charge in [-0.1, -0.05) is 6.42 Å². The summed E-state index contributed by atoms with van der Waals surface area (Å²) >= 11 is 0. The van der Waals surface area contributed by atoms with Crippen LogP contribution in [0.5, 0.6) is 0 Å². The number of amides is 1. The van der Waals surface area contributed by atoms with Gasteiger partial charge < -0.3 is 10.1 Å². The lowest BCUT2D eigenvalue weighted by molar-refractivity contribution is -0.0440. The lowest BCUT2D eigenvalue weighted by Gasteiger charge is -2.34. The fraction of sp³-hybridized carbons (Fsp3) is 0.667. The predicted octanol–water partition coefficient (Wildman–Crippen LogP) is 1.42. The molecule has 9 nitrogen and oxygen atoms in total. The number of carbonyl (C=O) groups is 1. The van der Waals surface area contributed by atoms with Crippen molar-refractivity contribution >= 4 is 26.0 Å². The number of piperidine rings is 1. The number of carbonyl (C=O) groups excluding carboxylic acids is 1. The molecule has 1 amide bonds. The number of hydrogen-bond donors (Lipinski definition) is 1. The third-order valence-corrected chi connectivity index (χ3v) is 9.72. The first-order valence-electron chi connectivity index (χ1n) is 11.0. The van der Waals surface area contributed by atoms with Crippen LogP contribution in [0, 0.1) is 0 Å². The van der Waals surface area contributed by atoms with Gasteiger partial charge in [0.1, 0.15) is 0 Å². The second kappa shape index (κ2) is 10.2. The molecule has 0 aromatic heterocycles. The van der Waals surface area contributed by atoms with Crippen molar-refractivity contribution in [2.45, 2.75) is 63.2 Å². The summed E-state index contributed by atoms with van der Waals surface area (Å²) in [6.45, 7) is 6.63. The van der Waals surface area contributed by atoms with Crippen LogP contribution < -0.4 is 5.32 Å². The lowest BCUT2D eigenvalue weighted by Crippen LogP contribution is -2.49. The maximum atomic E-state index is 12.9. The van der Waals surface area contributed by atoms with Crippen LogP contribution in [-0.2, 0) is 24.8 Å². The highest BCUT2D eigenvalue weighted by molar-refractivity contribution is 7.89. The van der Waals surface area contributed by atoms with Crippen LogP contribution in [0.25, 0.3) is 0 Å². The number of hydrogen-bond acceptors (Lipinski definition) is 6. The number of nitrogens with one attached hydrogen (secondary N) is 1. The lowest BCUT2D eigenvalue weighted by atomic mass is 10.1. The van der Waals surface area contributed by atoms with Gasteiger partial charge in [-0.15, -0.1) is 0 Å². The minimum atomic E-state index is -3.60. The summed E-state index contributed by atoms with van der Waals surface area (Å²) in [5.74, 6) is -0.656. The third kappa shape index (κ3) is 5.88. The largest absolute Gasteiger partial charge is 0.373 e. The second-order valence-corrected chi connectivity index (χ2v) is 12.6. The topological polar surface area (TPSA) is 113 Å². The standard InChI is InChI=1S/C21H33N3O6S2/c1-16-6-4-5-12-24(16)32(28,29)20-9-7-19(8-10-20)21(25)22-11-13-31(26,27)23-14-17(2)30-18(3)15-23/h7-10,16-18H,4-6,11-15H2,1-3H3,(H,22,25). The van der Waals surface area contributed by atoms with Gasteiger partial charge in [-0.3, -0.25) is 4.79 Å². The first-order valence-corrected chi connectivity index (χ1v) is 14.1. The maximum absolute atomic E-state index is 12.9. The number of ether oxygens (including phenoxy) is 1. The minimum absolute atomic E-state index is 0.0351. The average Bonchev–Trinajstić information content (AvgIpc) is 2.73. The van der Waals surface area contributed by atoms with E-state index in [0.717, 1.165) is 19.3 Å². The fourth-order valence-corrected chi connectivity index (χ4v) is 7.42. The van der Waals surface area contributed by atoms with Gasteiger partial charge in [0.05, 0.1) is 22.9 Å². The molecule has 0 spiro atoms. The molecule has 1 aromatic carbocycles. The molecular weight excluding hydrogens is 454 g/mol. The van der Waals surface area contributed by atoms with Gasteiger partial charge in [-0.05, 0) is 57.9 Å². The number of rotatable bonds is 7. The Morgan fingerprint density at radius 1 is 1.03 bits per heavy atom. The second-order valence-electron chi connectivity index (χ2n) is 8.63. The Morgan fingerprint density at radius 2 is 1.66 bits per heavy atom. The summed E-state index contributed by atoms with van der Waals surface area (Å²) < 4.78 is 59.4. The van der Waals surface area contributed by atoms with E-state index in [2.05, 4.69) is 5.32 Å². The molecule has 0 bridgehead atoms.